The molecule has 0 aliphatic rings. The summed E-state index contributed by atoms with van der Waals surface area (Å²) in [5.41, 5.74) is 4.17. The summed E-state index contributed by atoms with van der Waals surface area (Å²) in [5.74, 6) is 0. The van der Waals surface area contributed by atoms with E-state index in [4.69, 9.17) is 0 Å². The average molecular weight is 203 g/mol. The van der Waals surface area contributed by atoms with Gasteiger partial charge in [0.1, 0.15) is 0 Å². The van der Waals surface area contributed by atoms with Crippen molar-refractivity contribution in [3.8, 4) is 0 Å². The van der Waals surface area contributed by atoms with E-state index in [1.807, 2.05) is 20.0 Å². The number of aryl methyl sites for hydroxylation is 2. The molecule has 0 saturated carbocycles. The summed E-state index contributed by atoms with van der Waals surface area (Å²) in [6.07, 6.45) is 4.11. The molecule has 0 saturated heterocycles. The third kappa shape index (κ3) is 1.74. The fourth-order valence-electron chi connectivity index (χ4n) is 1.63. The van der Waals surface area contributed by atoms with Gasteiger partial charge in [0.2, 0.25) is 0 Å². The number of imidazole rings is 1. The van der Waals surface area contributed by atoms with Crippen LogP contribution in [0, 0.1) is 13.8 Å². The van der Waals surface area contributed by atoms with E-state index in [9.17, 15) is 0 Å². The van der Waals surface area contributed by atoms with Crippen molar-refractivity contribution in [3.05, 3.63) is 29.5 Å². The van der Waals surface area contributed by atoms with E-state index in [1.165, 1.54) is 0 Å². The van der Waals surface area contributed by atoms with Gasteiger partial charge in [-0.3, -0.25) is 4.98 Å². The maximum absolute atomic E-state index is 4.60. The van der Waals surface area contributed by atoms with Crippen LogP contribution in [-0.4, -0.2) is 14.4 Å². The Kier molecular flexibility index (Phi) is 2.07. The minimum atomic E-state index is 0.0805. The van der Waals surface area contributed by atoms with Crippen LogP contribution in [0.15, 0.2) is 12.4 Å². The quantitative estimate of drug-likeness (QED) is 0.659. The molecular formula is C12H17N3. The fraction of sp³-hybridized carbons (Fsp3) is 0.500. The van der Waals surface area contributed by atoms with Crippen LogP contribution < -0.4 is 0 Å². The average Bonchev–Trinajstić information content (AvgIpc) is 2.44. The lowest BCUT2D eigenvalue weighted by Crippen LogP contribution is -2.15. The Hall–Kier alpha value is -1.38. The molecule has 80 valence electrons. The van der Waals surface area contributed by atoms with E-state index in [-0.39, 0.29) is 5.41 Å². The van der Waals surface area contributed by atoms with Crippen LogP contribution in [0.1, 0.15) is 37.9 Å². The molecule has 0 bridgehead atoms. The summed E-state index contributed by atoms with van der Waals surface area (Å²) < 4.78 is 2.07. The molecule has 3 nitrogen and oxygen atoms in total. The highest BCUT2D eigenvalue weighted by molar-refractivity contribution is 5.45. The van der Waals surface area contributed by atoms with Gasteiger partial charge in [-0.15, -0.1) is 0 Å². The molecule has 0 radical (unpaired) electrons. The van der Waals surface area contributed by atoms with E-state index in [1.54, 1.807) is 0 Å². The summed E-state index contributed by atoms with van der Waals surface area (Å²) in [6.45, 7) is 10.5. The van der Waals surface area contributed by atoms with Crippen molar-refractivity contribution in [2.24, 2.45) is 0 Å². The first-order chi connectivity index (χ1) is 6.88. The van der Waals surface area contributed by atoms with Crippen molar-refractivity contribution in [2.45, 2.75) is 40.0 Å². The van der Waals surface area contributed by atoms with E-state index < -0.39 is 0 Å². The number of hydrogen-bond donors (Lipinski definition) is 0. The van der Waals surface area contributed by atoms with Gasteiger partial charge in [0, 0.05) is 17.8 Å². The Labute approximate surface area is 90.2 Å². The molecule has 0 aromatic carbocycles. The Balaban J connectivity index is 2.72. The first-order valence-corrected chi connectivity index (χ1v) is 5.21. The molecule has 15 heavy (non-hydrogen) atoms. The molecule has 3 heteroatoms. The standard InChI is InChI=1S/C12H17N3/c1-8-6-15-7-10(12(3,4)5)14-9(2)11(15)13-8/h6-7H,1-5H3. The number of rotatable bonds is 0. The van der Waals surface area contributed by atoms with Crippen LogP contribution in [0.4, 0.5) is 0 Å². The summed E-state index contributed by atoms with van der Waals surface area (Å²) >= 11 is 0. The Bertz CT molecular complexity index is 503. The summed E-state index contributed by atoms with van der Waals surface area (Å²) in [6, 6.07) is 0. The Morgan fingerprint density at radius 3 is 2.33 bits per heavy atom. The minimum absolute atomic E-state index is 0.0805. The summed E-state index contributed by atoms with van der Waals surface area (Å²) in [7, 11) is 0. The van der Waals surface area contributed by atoms with Crippen molar-refractivity contribution >= 4 is 5.65 Å². The summed E-state index contributed by atoms with van der Waals surface area (Å²) in [4.78, 5) is 9.04. The molecule has 0 fully saturated rings. The van der Waals surface area contributed by atoms with Crippen LogP contribution in [-0.2, 0) is 5.41 Å². The first-order valence-electron chi connectivity index (χ1n) is 5.21. The van der Waals surface area contributed by atoms with E-state index in [0.29, 0.717) is 0 Å². The van der Waals surface area contributed by atoms with Gasteiger partial charge in [0.15, 0.2) is 5.65 Å². The lowest BCUT2D eigenvalue weighted by atomic mass is 9.92. The molecule has 2 heterocycles. The molecule has 0 amide bonds. The number of nitrogens with zero attached hydrogens (tertiary/aromatic N) is 3. The van der Waals surface area contributed by atoms with E-state index in [2.05, 4.69) is 41.3 Å². The second kappa shape index (κ2) is 3.05. The second-order valence-electron chi connectivity index (χ2n) is 5.07. The largest absolute Gasteiger partial charge is 0.303 e. The molecule has 0 atom stereocenters. The molecule has 0 N–H and O–H groups in total. The van der Waals surface area contributed by atoms with Crippen molar-refractivity contribution < 1.29 is 0 Å². The summed E-state index contributed by atoms with van der Waals surface area (Å²) in [5, 5.41) is 0. The maximum Gasteiger partial charge on any atom is 0.158 e. The van der Waals surface area contributed by atoms with Crippen molar-refractivity contribution in [3.63, 3.8) is 0 Å². The van der Waals surface area contributed by atoms with Gasteiger partial charge in [0.25, 0.3) is 0 Å². The normalized spacial score (nSPS) is 12.3. The van der Waals surface area contributed by atoms with E-state index >= 15 is 0 Å². The number of hydrogen-bond acceptors (Lipinski definition) is 2. The van der Waals surface area contributed by atoms with Crippen LogP contribution in [0.25, 0.3) is 5.65 Å². The molecule has 2 aromatic heterocycles. The van der Waals surface area contributed by atoms with Gasteiger partial charge in [0.05, 0.1) is 17.1 Å². The monoisotopic (exact) mass is 203 g/mol. The highest BCUT2D eigenvalue weighted by atomic mass is 15.0. The first kappa shape index (κ1) is 10.1. The minimum Gasteiger partial charge on any atom is -0.303 e. The SMILES string of the molecule is Cc1cn2cc(C(C)(C)C)nc(C)c2n1. The molecular weight excluding hydrogens is 186 g/mol. The van der Waals surface area contributed by atoms with Crippen LogP contribution in [0.3, 0.4) is 0 Å². The van der Waals surface area contributed by atoms with Crippen LogP contribution in [0.5, 0.6) is 0 Å². The zero-order valence-corrected chi connectivity index (χ0v) is 10.00. The van der Waals surface area contributed by atoms with Gasteiger partial charge in [-0.1, -0.05) is 20.8 Å². The van der Waals surface area contributed by atoms with Crippen molar-refractivity contribution in [2.75, 3.05) is 0 Å². The van der Waals surface area contributed by atoms with Crippen LogP contribution in [0.2, 0.25) is 0 Å². The molecule has 0 unspecified atom stereocenters. The fourth-order valence-corrected chi connectivity index (χ4v) is 1.63. The lowest BCUT2D eigenvalue weighted by Gasteiger charge is -2.18. The van der Waals surface area contributed by atoms with E-state index in [0.717, 1.165) is 22.7 Å². The second-order valence-corrected chi connectivity index (χ2v) is 5.07. The smallest absolute Gasteiger partial charge is 0.158 e. The van der Waals surface area contributed by atoms with Gasteiger partial charge in [-0.25, -0.2) is 4.98 Å². The molecule has 2 aromatic rings. The van der Waals surface area contributed by atoms with Gasteiger partial charge < -0.3 is 4.40 Å². The molecule has 2 rings (SSSR count). The van der Waals surface area contributed by atoms with Crippen molar-refractivity contribution in [1.82, 2.24) is 14.4 Å². The number of aromatic nitrogens is 3. The molecule has 0 aliphatic carbocycles. The predicted octanol–water partition coefficient (Wildman–Crippen LogP) is 2.64. The topological polar surface area (TPSA) is 30.2 Å². The molecule has 0 spiro atoms. The highest BCUT2D eigenvalue weighted by Crippen LogP contribution is 2.21. The maximum atomic E-state index is 4.60. The zero-order chi connectivity index (χ0) is 11.2. The number of fused-ring (bicyclic) bond motifs is 1. The third-order valence-electron chi connectivity index (χ3n) is 2.49. The Morgan fingerprint density at radius 1 is 1.07 bits per heavy atom. The lowest BCUT2D eigenvalue weighted by molar-refractivity contribution is 0.562. The molecule has 0 aliphatic heterocycles. The predicted molar refractivity (Wildman–Crippen MR) is 61.2 cm³/mol. The van der Waals surface area contributed by atoms with Gasteiger partial charge in [-0.05, 0) is 13.8 Å². The zero-order valence-electron chi connectivity index (χ0n) is 10.00. The van der Waals surface area contributed by atoms with Crippen molar-refractivity contribution in [1.29, 1.82) is 0 Å². The Morgan fingerprint density at radius 2 is 1.73 bits per heavy atom. The third-order valence-corrected chi connectivity index (χ3v) is 2.49. The van der Waals surface area contributed by atoms with Gasteiger partial charge >= 0.3 is 0 Å². The highest BCUT2D eigenvalue weighted by Gasteiger charge is 2.17. The van der Waals surface area contributed by atoms with Gasteiger partial charge in [-0.2, -0.15) is 0 Å². The van der Waals surface area contributed by atoms with Crippen LogP contribution >= 0.6 is 0 Å².